The number of nitrogens with zero attached hydrogens (tertiary/aromatic N) is 1. The first-order chi connectivity index (χ1) is 11.6. The van der Waals surface area contributed by atoms with E-state index in [1.54, 1.807) is 31.2 Å². The van der Waals surface area contributed by atoms with Crippen molar-refractivity contribution < 1.29 is 14.6 Å². The minimum Gasteiger partial charge on any atom is -0.491 e. The summed E-state index contributed by atoms with van der Waals surface area (Å²) in [5.41, 5.74) is 0.680. The van der Waals surface area contributed by atoms with Gasteiger partial charge in [0, 0.05) is 18.2 Å². The van der Waals surface area contributed by atoms with Gasteiger partial charge < -0.3 is 9.84 Å². The number of benzene rings is 1. The molecule has 3 rings (SSSR count). The number of Topliss-reactive ketones (excluding diaryl/α,β-unsaturated/α-hetero) is 1. The maximum absolute atomic E-state index is 11.3. The van der Waals surface area contributed by atoms with E-state index in [0.29, 0.717) is 30.5 Å². The van der Waals surface area contributed by atoms with Crippen LogP contribution in [0.4, 0.5) is 0 Å². The van der Waals surface area contributed by atoms with Crippen LogP contribution in [0.2, 0.25) is 0 Å². The Kier molecular flexibility index (Phi) is 5.90. The van der Waals surface area contributed by atoms with Gasteiger partial charge in [0.15, 0.2) is 5.78 Å². The normalized spacial score (nSPS) is 25.8. The van der Waals surface area contributed by atoms with Gasteiger partial charge in [0.25, 0.3) is 0 Å². The van der Waals surface area contributed by atoms with E-state index in [1.807, 2.05) is 0 Å². The number of carbonyl (C=O) groups excluding carboxylic acids is 1. The van der Waals surface area contributed by atoms with E-state index in [-0.39, 0.29) is 5.78 Å². The van der Waals surface area contributed by atoms with Crippen LogP contribution in [-0.2, 0) is 0 Å². The molecule has 2 fully saturated rings. The lowest BCUT2D eigenvalue weighted by atomic mass is 9.78. The number of ether oxygens (including phenoxy) is 1. The number of fused-ring (bicyclic) bond motifs is 1. The Morgan fingerprint density at radius 2 is 1.92 bits per heavy atom. The Balaban J connectivity index is 1.48. The largest absolute Gasteiger partial charge is 0.491 e. The molecule has 1 saturated heterocycles. The topological polar surface area (TPSA) is 49.8 Å². The molecule has 0 spiro atoms. The average Bonchev–Trinajstić information content (AvgIpc) is 2.61. The zero-order chi connectivity index (χ0) is 16.9. The number of piperidine rings is 1. The second-order valence-corrected chi connectivity index (χ2v) is 7.29. The lowest BCUT2D eigenvalue weighted by molar-refractivity contribution is 0.00654. The third kappa shape index (κ3) is 4.37. The number of β-amino-alcohol motifs (C(OH)–C–C–N with tert-alkyl or cyclic N) is 1. The van der Waals surface area contributed by atoms with E-state index in [2.05, 4.69) is 4.90 Å². The van der Waals surface area contributed by atoms with Crippen LogP contribution in [0.25, 0.3) is 0 Å². The van der Waals surface area contributed by atoms with Crippen molar-refractivity contribution >= 4 is 5.78 Å². The van der Waals surface area contributed by atoms with Crippen LogP contribution in [-0.4, -0.2) is 47.6 Å². The summed E-state index contributed by atoms with van der Waals surface area (Å²) in [6, 6.07) is 7.78. The predicted octanol–water partition coefficient (Wildman–Crippen LogP) is 3.28. The zero-order valence-corrected chi connectivity index (χ0v) is 14.6. The summed E-state index contributed by atoms with van der Waals surface area (Å²) in [6.45, 7) is 3.66. The monoisotopic (exact) mass is 331 g/mol. The average molecular weight is 331 g/mol. The van der Waals surface area contributed by atoms with Gasteiger partial charge >= 0.3 is 0 Å². The maximum atomic E-state index is 11.3. The van der Waals surface area contributed by atoms with Crippen molar-refractivity contribution in [2.45, 2.75) is 57.6 Å². The number of likely N-dealkylation sites (tertiary alicyclic amines) is 1. The summed E-state index contributed by atoms with van der Waals surface area (Å²) in [5, 5.41) is 10.4. The van der Waals surface area contributed by atoms with Crippen LogP contribution in [0.3, 0.4) is 0 Å². The molecule has 132 valence electrons. The van der Waals surface area contributed by atoms with Crippen molar-refractivity contribution in [3.8, 4) is 5.75 Å². The van der Waals surface area contributed by atoms with E-state index >= 15 is 0 Å². The molecule has 1 aromatic carbocycles. The van der Waals surface area contributed by atoms with Crippen LogP contribution >= 0.6 is 0 Å². The highest BCUT2D eigenvalue weighted by Gasteiger charge is 2.33. The fraction of sp³-hybridized carbons (Fsp3) is 0.650. The molecule has 0 bridgehead atoms. The molecule has 1 aliphatic heterocycles. The molecule has 4 nitrogen and oxygen atoms in total. The number of hydrogen-bond donors (Lipinski definition) is 1. The molecule has 4 heteroatoms. The van der Waals surface area contributed by atoms with E-state index < -0.39 is 6.10 Å². The number of ketones is 1. The van der Waals surface area contributed by atoms with Crippen LogP contribution in [0.15, 0.2) is 24.3 Å². The van der Waals surface area contributed by atoms with E-state index in [9.17, 15) is 9.90 Å². The quantitative estimate of drug-likeness (QED) is 0.813. The third-order valence-corrected chi connectivity index (χ3v) is 5.51. The number of rotatable bonds is 6. The van der Waals surface area contributed by atoms with Gasteiger partial charge in [-0.2, -0.15) is 0 Å². The van der Waals surface area contributed by atoms with Gasteiger partial charge in [-0.3, -0.25) is 9.69 Å². The number of aliphatic hydroxyl groups is 1. The van der Waals surface area contributed by atoms with Crippen molar-refractivity contribution in [3.05, 3.63) is 29.8 Å². The van der Waals surface area contributed by atoms with Gasteiger partial charge in [-0.25, -0.2) is 0 Å². The molecule has 24 heavy (non-hydrogen) atoms. The molecule has 1 aromatic rings. The van der Waals surface area contributed by atoms with Crippen molar-refractivity contribution in [3.63, 3.8) is 0 Å². The molecular formula is C20H29NO3. The van der Waals surface area contributed by atoms with Crippen molar-refractivity contribution in [2.75, 3.05) is 19.7 Å². The van der Waals surface area contributed by atoms with E-state index in [1.165, 1.54) is 38.5 Å². The number of aliphatic hydroxyl groups excluding tert-OH is 1. The van der Waals surface area contributed by atoms with Gasteiger partial charge in [-0.1, -0.05) is 12.8 Å². The first kappa shape index (κ1) is 17.4. The Morgan fingerprint density at radius 3 is 2.67 bits per heavy atom. The maximum Gasteiger partial charge on any atom is 0.159 e. The number of carbonyl (C=O) groups is 1. The summed E-state index contributed by atoms with van der Waals surface area (Å²) in [6.07, 6.45) is 7.47. The van der Waals surface area contributed by atoms with Crippen molar-refractivity contribution in [1.82, 2.24) is 4.90 Å². The molecule has 1 N–H and O–H groups in total. The zero-order valence-electron chi connectivity index (χ0n) is 14.6. The summed E-state index contributed by atoms with van der Waals surface area (Å²) in [5.74, 6) is 1.58. The van der Waals surface area contributed by atoms with Gasteiger partial charge in [-0.15, -0.1) is 0 Å². The molecule has 1 aliphatic carbocycles. The Labute approximate surface area is 144 Å². The van der Waals surface area contributed by atoms with Gasteiger partial charge in [0.1, 0.15) is 18.5 Å². The van der Waals surface area contributed by atoms with Gasteiger partial charge in [0.05, 0.1) is 0 Å². The minimum atomic E-state index is -0.474. The second-order valence-electron chi connectivity index (χ2n) is 7.29. The van der Waals surface area contributed by atoms with Crippen LogP contribution in [0.5, 0.6) is 5.75 Å². The SMILES string of the molecule is CC(=O)c1ccc(OC[C@@H](O)CN2CCC[C@@H]3CCCC[C@@H]32)cc1. The molecule has 1 heterocycles. The molecular weight excluding hydrogens is 302 g/mol. The summed E-state index contributed by atoms with van der Waals surface area (Å²) in [7, 11) is 0. The molecule has 0 amide bonds. The van der Waals surface area contributed by atoms with Crippen LogP contribution in [0, 0.1) is 5.92 Å². The van der Waals surface area contributed by atoms with E-state index in [4.69, 9.17) is 4.74 Å². The minimum absolute atomic E-state index is 0.0497. The highest BCUT2D eigenvalue weighted by Crippen LogP contribution is 2.35. The predicted molar refractivity (Wildman–Crippen MR) is 94.5 cm³/mol. The van der Waals surface area contributed by atoms with Crippen molar-refractivity contribution in [2.24, 2.45) is 5.92 Å². The molecule has 3 atom stereocenters. The lowest BCUT2D eigenvalue weighted by Gasteiger charge is -2.44. The van der Waals surface area contributed by atoms with Crippen LogP contribution in [0.1, 0.15) is 55.8 Å². The van der Waals surface area contributed by atoms with Crippen LogP contribution < -0.4 is 4.74 Å². The summed E-state index contributed by atoms with van der Waals surface area (Å²) >= 11 is 0. The summed E-state index contributed by atoms with van der Waals surface area (Å²) in [4.78, 5) is 13.8. The molecule has 0 radical (unpaired) electrons. The van der Waals surface area contributed by atoms with Crippen molar-refractivity contribution in [1.29, 1.82) is 0 Å². The molecule has 1 saturated carbocycles. The fourth-order valence-electron chi connectivity index (χ4n) is 4.26. The third-order valence-electron chi connectivity index (χ3n) is 5.51. The van der Waals surface area contributed by atoms with Gasteiger partial charge in [-0.05, 0) is 69.3 Å². The first-order valence-electron chi connectivity index (χ1n) is 9.29. The van der Waals surface area contributed by atoms with Gasteiger partial charge in [0.2, 0.25) is 0 Å². The Morgan fingerprint density at radius 1 is 1.21 bits per heavy atom. The number of hydrogen-bond acceptors (Lipinski definition) is 4. The fourth-order valence-corrected chi connectivity index (χ4v) is 4.26. The Bertz CT molecular complexity index is 540. The summed E-state index contributed by atoms with van der Waals surface area (Å²) < 4.78 is 5.69. The standard InChI is InChI=1S/C20H29NO3/c1-15(22)16-8-10-19(11-9-16)24-14-18(23)13-21-12-4-6-17-5-2-3-7-20(17)21/h8-11,17-18,20,23H,2-7,12-14H2,1H3/t17-,18-,20-/m0/s1. The molecule has 0 aromatic heterocycles. The highest BCUT2D eigenvalue weighted by molar-refractivity contribution is 5.94. The highest BCUT2D eigenvalue weighted by atomic mass is 16.5. The second kappa shape index (κ2) is 8.13. The molecule has 2 aliphatic rings. The molecule has 0 unspecified atom stereocenters. The Hall–Kier alpha value is -1.39. The smallest absolute Gasteiger partial charge is 0.159 e. The first-order valence-corrected chi connectivity index (χ1v) is 9.29. The lowest BCUT2D eigenvalue weighted by Crippen LogP contribution is -2.50. The van der Waals surface area contributed by atoms with E-state index in [0.717, 1.165) is 12.5 Å².